The largest absolute Gasteiger partial charge is 0.339 e. The number of hydrogen-bond donors (Lipinski definition) is 0. The van der Waals surface area contributed by atoms with Gasteiger partial charge in [0.25, 0.3) is 0 Å². The molecule has 5 nitrogen and oxygen atoms in total. The summed E-state index contributed by atoms with van der Waals surface area (Å²) in [7, 11) is 2.14. The van der Waals surface area contributed by atoms with Gasteiger partial charge in [-0.2, -0.15) is 0 Å². The van der Waals surface area contributed by atoms with Crippen LogP contribution < -0.4 is 0 Å². The predicted molar refractivity (Wildman–Crippen MR) is 102 cm³/mol. The number of carbonyl (C=O) groups excluding carboxylic acids is 1. The van der Waals surface area contributed by atoms with Gasteiger partial charge >= 0.3 is 0 Å². The van der Waals surface area contributed by atoms with E-state index in [4.69, 9.17) is 0 Å². The Bertz CT molecular complexity index is 558. The van der Waals surface area contributed by atoms with E-state index in [1.54, 1.807) is 0 Å². The molecule has 2 saturated heterocycles. The minimum absolute atomic E-state index is 0.295. The second-order valence-electron chi connectivity index (χ2n) is 7.07. The van der Waals surface area contributed by atoms with Gasteiger partial charge in [-0.3, -0.25) is 14.6 Å². The molecule has 0 atom stereocenters. The molecule has 0 unspecified atom stereocenters. The lowest BCUT2D eigenvalue weighted by Gasteiger charge is -2.37. The predicted octanol–water partition coefficient (Wildman–Crippen LogP) is 1.09. The number of piperazine rings is 2. The smallest absolute Gasteiger partial charge is 0.236 e. The van der Waals surface area contributed by atoms with Crippen LogP contribution in [0.3, 0.4) is 0 Å². The van der Waals surface area contributed by atoms with Crippen LogP contribution in [0.25, 0.3) is 6.08 Å². The van der Waals surface area contributed by atoms with Crippen molar-refractivity contribution in [1.82, 2.24) is 19.6 Å². The monoisotopic (exact) mass is 342 g/mol. The molecule has 136 valence electrons. The quantitative estimate of drug-likeness (QED) is 0.801. The lowest BCUT2D eigenvalue weighted by atomic mass is 10.2. The average molecular weight is 342 g/mol. The summed E-state index contributed by atoms with van der Waals surface area (Å²) in [5.74, 6) is 0.295. The van der Waals surface area contributed by atoms with E-state index in [-0.39, 0.29) is 0 Å². The van der Waals surface area contributed by atoms with Gasteiger partial charge in [-0.15, -0.1) is 0 Å². The molecule has 2 fully saturated rings. The summed E-state index contributed by atoms with van der Waals surface area (Å²) in [6.07, 6.45) is 4.39. The number of rotatable bonds is 5. The molecular weight excluding hydrogens is 312 g/mol. The fraction of sp³-hybridized carbons (Fsp3) is 0.550. The molecule has 0 saturated carbocycles. The van der Waals surface area contributed by atoms with Crippen LogP contribution in [-0.4, -0.2) is 98.0 Å². The van der Waals surface area contributed by atoms with Crippen molar-refractivity contribution in [2.75, 3.05) is 72.5 Å². The van der Waals surface area contributed by atoms with Crippen LogP contribution in [0.4, 0.5) is 0 Å². The Labute approximate surface area is 151 Å². The molecule has 1 aromatic carbocycles. The number of benzene rings is 1. The first-order valence-electron chi connectivity index (χ1n) is 9.33. The number of hydrogen-bond acceptors (Lipinski definition) is 4. The van der Waals surface area contributed by atoms with Crippen LogP contribution in [0.2, 0.25) is 0 Å². The Kier molecular flexibility index (Phi) is 6.62. The number of likely N-dealkylation sites (N-methyl/N-ethyl adjacent to an activating group) is 1. The van der Waals surface area contributed by atoms with E-state index < -0.39 is 0 Å². The zero-order valence-electron chi connectivity index (χ0n) is 15.3. The molecule has 0 aliphatic carbocycles. The van der Waals surface area contributed by atoms with E-state index in [0.29, 0.717) is 12.5 Å². The van der Waals surface area contributed by atoms with Gasteiger partial charge in [-0.1, -0.05) is 42.5 Å². The van der Waals surface area contributed by atoms with Crippen molar-refractivity contribution in [1.29, 1.82) is 0 Å². The standard InChI is InChI=1S/C20H30N4O/c1-21-10-12-23(13-11-21)18-20(25)24-16-14-22(15-17-24)9-5-8-19-6-3-2-4-7-19/h2-8H,9-18H2,1H3/b8-5+. The summed E-state index contributed by atoms with van der Waals surface area (Å²) in [5.41, 5.74) is 1.24. The maximum atomic E-state index is 12.5. The first kappa shape index (κ1) is 18.1. The molecule has 2 aliphatic heterocycles. The van der Waals surface area contributed by atoms with Crippen LogP contribution in [0, 0.1) is 0 Å². The lowest BCUT2D eigenvalue weighted by molar-refractivity contribution is -0.134. The van der Waals surface area contributed by atoms with E-state index in [0.717, 1.165) is 58.9 Å². The normalized spacial score (nSPS) is 21.1. The molecular formula is C20H30N4O. The van der Waals surface area contributed by atoms with Crippen LogP contribution in [0.5, 0.6) is 0 Å². The molecule has 0 N–H and O–H groups in total. The number of amides is 1. The molecule has 0 radical (unpaired) electrons. The Balaban J connectivity index is 1.36. The Morgan fingerprint density at radius 3 is 2.24 bits per heavy atom. The van der Waals surface area contributed by atoms with E-state index >= 15 is 0 Å². The fourth-order valence-electron chi connectivity index (χ4n) is 3.38. The van der Waals surface area contributed by atoms with Gasteiger partial charge in [0.15, 0.2) is 0 Å². The number of carbonyl (C=O) groups is 1. The first-order valence-corrected chi connectivity index (χ1v) is 9.33. The van der Waals surface area contributed by atoms with Crippen LogP contribution >= 0.6 is 0 Å². The van der Waals surface area contributed by atoms with Crippen molar-refractivity contribution in [2.45, 2.75) is 0 Å². The third-order valence-corrected chi connectivity index (χ3v) is 5.15. The van der Waals surface area contributed by atoms with Gasteiger partial charge in [0.1, 0.15) is 0 Å². The second-order valence-corrected chi connectivity index (χ2v) is 7.07. The van der Waals surface area contributed by atoms with Gasteiger partial charge in [0.05, 0.1) is 6.54 Å². The lowest BCUT2D eigenvalue weighted by Crippen LogP contribution is -2.53. The molecule has 2 aliphatic rings. The van der Waals surface area contributed by atoms with E-state index in [2.05, 4.69) is 58.2 Å². The summed E-state index contributed by atoms with van der Waals surface area (Å²) in [6, 6.07) is 10.4. The Morgan fingerprint density at radius 2 is 1.56 bits per heavy atom. The molecule has 3 rings (SSSR count). The topological polar surface area (TPSA) is 30.0 Å². The Morgan fingerprint density at radius 1 is 0.920 bits per heavy atom. The summed E-state index contributed by atoms with van der Waals surface area (Å²) in [4.78, 5) is 21.6. The zero-order valence-corrected chi connectivity index (χ0v) is 15.3. The molecule has 5 heteroatoms. The number of nitrogens with zero attached hydrogens (tertiary/aromatic N) is 4. The van der Waals surface area contributed by atoms with Crippen molar-refractivity contribution < 1.29 is 4.79 Å². The van der Waals surface area contributed by atoms with Crippen LogP contribution in [-0.2, 0) is 4.79 Å². The van der Waals surface area contributed by atoms with Gasteiger partial charge in [0, 0.05) is 58.9 Å². The molecule has 2 heterocycles. The second kappa shape index (κ2) is 9.13. The third kappa shape index (κ3) is 5.66. The summed E-state index contributed by atoms with van der Waals surface area (Å²) in [6.45, 7) is 9.32. The van der Waals surface area contributed by atoms with Crippen molar-refractivity contribution in [3.05, 3.63) is 42.0 Å². The fourth-order valence-corrected chi connectivity index (χ4v) is 3.38. The minimum atomic E-state index is 0.295. The van der Waals surface area contributed by atoms with E-state index in [1.165, 1.54) is 5.56 Å². The van der Waals surface area contributed by atoms with Crippen molar-refractivity contribution in [3.63, 3.8) is 0 Å². The SMILES string of the molecule is CN1CCN(CC(=O)N2CCN(C/C=C/c3ccccc3)CC2)CC1. The Hall–Kier alpha value is -1.69. The maximum absolute atomic E-state index is 12.5. The average Bonchev–Trinajstić information content (AvgIpc) is 2.65. The van der Waals surface area contributed by atoms with Crippen molar-refractivity contribution in [3.8, 4) is 0 Å². The molecule has 25 heavy (non-hydrogen) atoms. The highest BCUT2D eigenvalue weighted by molar-refractivity contribution is 5.78. The van der Waals surface area contributed by atoms with Gasteiger partial charge in [0.2, 0.25) is 5.91 Å². The highest BCUT2D eigenvalue weighted by Crippen LogP contribution is 2.06. The third-order valence-electron chi connectivity index (χ3n) is 5.15. The molecule has 1 amide bonds. The van der Waals surface area contributed by atoms with Gasteiger partial charge in [-0.05, 0) is 12.6 Å². The van der Waals surface area contributed by atoms with Crippen molar-refractivity contribution in [2.24, 2.45) is 0 Å². The highest BCUT2D eigenvalue weighted by Gasteiger charge is 2.23. The van der Waals surface area contributed by atoms with Crippen LogP contribution in [0.15, 0.2) is 36.4 Å². The summed E-state index contributed by atoms with van der Waals surface area (Å²) >= 11 is 0. The molecule has 0 aromatic heterocycles. The van der Waals surface area contributed by atoms with Crippen molar-refractivity contribution >= 4 is 12.0 Å². The minimum Gasteiger partial charge on any atom is -0.339 e. The first-order chi connectivity index (χ1) is 12.2. The molecule has 0 spiro atoms. The summed E-state index contributed by atoms with van der Waals surface area (Å²) in [5, 5.41) is 0. The molecule has 1 aromatic rings. The van der Waals surface area contributed by atoms with Gasteiger partial charge in [-0.25, -0.2) is 0 Å². The molecule has 0 bridgehead atoms. The zero-order chi connectivity index (χ0) is 17.5. The van der Waals surface area contributed by atoms with Crippen LogP contribution in [0.1, 0.15) is 5.56 Å². The highest BCUT2D eigenvalue weighted by atomic mass is 16.2. The maximum Gasteiger partial charge on any atom is 0.236 e. The van der Waals surface area contributed by atoms with E-state index in [1.807, 2.05) is 11.0 Å². The van der Waals surface area contributed by atoms with E-state index in [9.17, 15) is 4.79 Å². The van der Waals surface area contributed by atoms with Gasteiger partial charge < -0.3 is 9.80 Å². The summed E-state index contributed by atoms with van der Waals surface area (Å²) < 4.78 is 0.